The summed E-state index contributed by atoms with van der Waals surface area (Å²) in [5, 5.41) is 5.10. The highest BCUT2D eigenvalue weighted by molar-refractivity contribution is 6.21. The van der Waals surface area contributed by atoms with Crippen molar-refractivity contribution in [3.05, 3.63) is 0 Å². The van der Waals surface area contributed by atoms with Crippen LogP contribution in [0.5, 0.6) is 0 Å². The summed E-state index contributed by atoms with van der Waals surface area (Å²) < 4.78 is 71.8. The van der Waals surface area contributed by atoms with Crippen LogP contribution in [-0.2, 0) is 14.3 Å². The van der Waals surface area contributed by atoms with Crippen LogP contribution >= 0.6 is 11.6 Å². The first-order valence-electron chi connectivity index (χ1n) is 11.6. The van der Waals surface area contributed by atoms with Gasteiger partial charge in [-0.2, -0.15) is 13.2 Å². The molecule has 0 aliphatic heterocycles. The fraction of sp³-hybridized carbons (Fsp3) is 0.909. The summed E-state index contributed by atoms with van der Waals surface area (Å²) in [5.41, 5.74) is -1.06. The minimum Gasteiger partial charge on any atom is -0.368 e. The van der Waals surface area contributed by atoms with Crippen molar-refractivity contribution < 1.29 is 36.3 Å². The molecule has 0 aromatic carbocycles. The second-order valence-corrected chi connectivity index (χ2v) is 11.1. The number of carbonyl (C=O) groups excluding carboxylic acids is 2. The molecule has 11 heteroatoms. The van der Waals surface area contributed by atoms with E-state index in [0.29, 0.717) is 32.1 Å². The molecule has 2 bridgehead atoms. The molecule has 5 nitrogen and oxygen atoms in total. The van der Waals surface area contributed by atoms with Crippen LogP contribution < -0.4 is 10.6 Å². The molecule has 5 fully saturated rings. The molecule has 0 spiro atoms. The number of carbonyl (C=O) groups is 2. The minimum atomic E-state index is -4.42. The van der Waals surface area contributed by atoms with Crippen LogP contribution in [-0.4, -0.2) is 60.5 Å². The number of nitrogens with one attached hydrogen (secondary N) is 2. The van der Waals surface area contributed by atoms with Crippen LogP contribution in [0.2, 0.25) is 0 Å². The molecule has 2 N–H and O–H groups in total. The van der Waals surface area contributed by atoms with E-state index in [4.69, 9.17) is 16.3 Å². The van der Waals surface area contributed by atoms with Crippen molar-refractivity contribution in [1.82, 2.24) is 10.6 Å². The van der Waals surface area contributed by atoms with Gasteiger partial charge in [0.2, 0.25) is 11.8 Å². The zero-order valence-corrected chi connectivity index (χ0v) is 19.0. The first-order chi connectivity index (χ1) is 15.4. The molecular formula is C22H30ClF5N2O3. The molecule has 6 unspecified atom stereocenters. The van der Waals surface area contributed by atoms with E-state index in [1.807, 2.05) is 0 Å². The molecule has 6 atom stereocenters. The van der Waals surface area contributed by atoms with E-state index in [1.165, 1.54) is 0 Å². The van der Waals surface area contributed by atoms with Gasteiger partial charge in [-0.25, -0.2) is 8.78 Å². The van der Waals surface area contributed by atoms with Crippen molar-refractivity contribution in [1.29, 1.82) is 0 Å². The molecule has 5 aliphatic rings. The lowest BCUT2D eigenvalue weighted by Gasteiger charge is -2.69. The highest BCUT2D eigenvalue weighted by atomic mass is 35.5. The number of hydrogen-bond acceptors (Lipinski definition) is 3. The van der Waals surface area contributed by atoms with Gasteiger partial charge in [0.05, 0.1) is 22.8 Å². The van der Waals surface area contributed by atoms with Crippen LogP contribution in [0.15, 0.2) is 0 Å². The zero-order chi connectivity index (χ0) is 24.0. The summed E-state index contributed by atoms with van der Waals surface area (Å²) in [5.74, 6) is -2.77. The first kappa shape index (κ1) is 24.9. The van der Waals surface area contributed by atoms with Crippen molar-refractivity contribution >= 4 is 23.4 Å². The monoisotopic (exact) mass is 500 g/mol. The maximum atomic E-state index is 13.8. The summed E-state index contributed by atoms with van der Waals surface area (Å²) in [7, 11) is 0. The number of hydrogen-bond donors (Lipinski definition) is 2. The molecular weight excluding hydrogens is 471 g/mol. The predicted octanol–water partition coefficient (Wildman–Crippen LogP) is 3.97. The van der Waals surface area contributed by atoms with Crippen LogP contribution in [0, 0.1) is 17.3 Å². The Bertz CT molecular complexity index is 747. The fourth-order valence-corrected chi connectivity index (χ4v) is 6.33. The van der Waals surface area contributed by atoms with E-state index >= 15 is 0 Å². The van der Waals surface area contributed by atoms with Gasteiger partial charge in [0.25, 0.3) is 0 Å². The Kier molecular flexibility index (Phi) is 6.90. The second-order valence-electron chi connectivity index (χ2n) is 10.5. The third-order valence-electron chi connectivity index (χ3n) is 7.77. The Hall–Kier alpha value is -1.16. The average molecular weight is 501 g/mol. The third-order valence-corrected chi connectivity index (χ3v) is 8.26. The van der Waals surface area contributed by atoms with Crippen molar-refractivity contribution in [3.8, 4) is 0 Å². The maximum Gasteiger partial charge on any atom is 0.391 e. The number of rotatable bonds is 7. The van der Waals surface area contributed by atoms with E-state index in [1.54, 1.807) is 0 Å². The number of alkyl halides is 6. The topological polar surface area (TPSA) is 67.4 Å². The summed E-state index contributed by atoms with van der Waals surface area (Å²) >= 11 is 5.85. The summed E-state index contributed by atoms with van der Waals surface area (Å²) in [6, 6.07) is 0. The highest BCUT2D eigenvalue weighted by Gasteiger charge is 2.72. The average Bonchev–Trinajstić information content (AvgIpc) is 2.67. The van der Waals surface area contributed by atoms with Crippen LogP contribution in [0.4, 0.5) is 22.0 Å². The van der Waals surface area contributed by atoms with Crippen molar-refractivity contribution in [2.24, 2.45) is 17.3 Å². The third kappa shape index (κ3) is 5.41. The van der Waals surface area contributed by atoms with E-state index in [0.717, 1.165) is 0 Å². The van der Waals surface area contributed by atoms with Gasteiger partial charge in [0.1, 0.15) is 19.0 Å². The van der Waals surface area contributed by atoms with E-state index in [-0.39, 0.29) is 50.3 Å². The highest BCUT2D eigenvalue weighted by Crippen LogP contribution is 2.67. The molecule has 2 amide bonds. The van der Waals surface area contributed by atoms with Crippen LogP contribution in [0.25, 0.3) is 0 Å². The molecule has 0 heterocycles. The number of amides is 2. The quantitative estimate of drug-likeness (QED) is 0.410. The zero-order valence-electron chi connectivity index (χ0n) is 18.2. The van der Waals surface area contributed by atoms with Crippen LogP contribution in [0.1, 0.15) is 57.8 Å². The van der Waals surface area contributed by atoms with E-state index in [9.17, 15) is 31.5 Å². The number of ether oxygens (including phenoxy) is 1. The molecule has 188 valence electrons. The Morgan fingerprint density at radius 3 is 2.36 bits per heavy atom. The van der Waals surface area contributed by atoms with Crippen molar-refractivity contribution in [3.63, 3.8) is 0 Å². The Labute approximate surface area is 194 Å². The lowest BCUT2D eigenvalue weighted by Crippen LogP contribution is -2.78. The lowest BCUT2D eigenvalue weighted by atomic mass is 9.39. The molecule has 5 saturated carbocycles. The van der Waals surface area contributed by atoms with E-state index in [2.05, 4.69) is 10.6 Å². The summed E-state index contributed by atoms with van der Waals surface area (Å²) in [6.45, 7) is -0.154. The largest absolute Gasteiger partial charge is 0.391 e. The van der Waals surface area contributed by atoms with E-state index < -0.39 is 53.1 Å². The van der Waals surface area contributed by atoms with Gasteiger partial charge in [-0.05, 0) is 57.3 Å². The first-order valence-corrected chi connectivity index (χ1v) is 12.0. The van der Waals surface area contributed by atoms with Gasteiger partial charge in [-0.15, -0.1) is 11.6 Å². The van der Waals surface area contributed by atoms with Gasteiger partial charge in [-0.1, -0.05) is 0 Å². The Morgan fingerprint density at radius 1 is 1.03 bits per heavy atom. The van der Waals surface area contributed by atoms with Crippen molar-refractivity contribution in [2.45, 2.75) is 93.3 Å². The normalized spacial score (nSPS) is 42.6. The fourth-order valence-electron chi connectivity index (χ4n) is 6.10. The Balaban J connectivity index is 1.15. The molecule has 0 aromatic heterocycles. The van der Waals surface area contributed by atoms with Gasteiger partial charge in [0.15, 0.2) is 0 Å². The maximum absolute atomic E-state index is 13.8. The molecule has 33 heavy (non-hydrogen) atoms. The van der Waals surface area contributed by atoms with Gasteiger partial charge in [-0.3, -0.25) is 9.59 Å². The van der Waals surface area contributed by atoms with Crippen LogP contribution in [0.3, 0.4) is 0 Å². The van der Waals surface area contributed by atoms with Crippen molar-refractivity contribution in [2.75, 3.05) is 13.2 Å². The second kappa shape index (κ2) is 9.13. The van der Waals surface area contributed by atoms with Gasteiger partial charge < -0.3 is 15.4 Å². The molecule has 5 aliphatic carbocycles. The molecule has 5 rings (SSSR count). The summed E-state index contributed by atoms with van der Waals surface area (Å²) in [4.78, 5) is 24.8. The lowest BCUT2D eigenvalue weighted by molar-refractivity contribution is -0.192. The summed E-state index contributed by atoms with van der Waals surface area (Å²) in [6.07, 6.45) is -5.42. The number of halogens is 6. The standard InChI is InChI=1S/C22H30ClF5N2O3/c23-16-2-1-15(6-17(16)25)33-8-18(31)30-21-9-20(10-21,11-21)19(32)29-7-12-3-13(22(26,27)28)5-14(24)4-12/h12-17H,1-11H2,(H,29,32)(H,30,31). The minimum absolute atomic E-state index is 0.0234. The van der Waals surface area contributed by atoms with Gasteiger partial charge >= 0.3 is 6.18 Å². The smallest absolute Gasteiger partial charge is 0.368 e. The molecule has 0 radical (unpaired) electrons. The van der Waals surface area contributed by atoms with Gasteiger partial charge in [0, 0.05) is 18.5 Å². The SMILES string of the molecule is O=C(COC1CCC(Cl)C(F)C1)NC12CC(C(=O)NCC3CC(F)CC(C(F)(F)F)C3)(C1)C2. The predicted molar refractivity (Wildman–Crippen MR) is 110 cm³/mol. The Morgan fingerprint density at radius 2 is 1.73 bits per heavy atom. The molecule has 0 aromatic rings. The molecule has 0 saturated heterocycles.